The third kappa shape index (κ3) is 7.19. The van der Waals surface area contributed by atoms with Crippen molar-refractivity contribution >= 4 is 21.8 Å². The molecular weight excluding hydrogens is 615 g/mol. The Bertz CT molecular complexity index is 2060. The molecule has 0 atom stereocenters. The van der Waals surface area contributed by atoms with Gasteiger partial charge in [-0.1, -0.05) is 171 Å². The Morgan fingerprint density at radius 2 is 0.686 bits per heavy atom. The van der Waals surface area contributed by atoms with Crippen LogP contribution in [0.25, 0.3) is 49.7 Å². The van der Waals surface area contributed by atoms with Gasteiger partial charge in [0.15, 0.2) is 0 Å². The number of para-hydroxylation sites is 1. The molecule has 0 bridgehead atoms. The first-order chi connectivity index (χ1) is 23.4. The van der Waals surface area contributed by atoms with Crippen LogP contribution in [0.1, 0.15) is 132 Å². The highest BCUT2D eigenvalue weighted by Crippen LogP contribution is 2.42. The highest BCUT2D eigenvalue weighted by molar-refractivity contribution is 6.11. The molecular formula is C50H61N. The molecule has 0 aliphatic rings. The minimum Gasteiger partial charge on any atom is -0.309 e. The zero-order valence-electron chi connectivity index (χ0n) is 34.2. The summed E-state index contributed by atoms with van der Waals surface area (Å²) in [5.74, 6) is 0. The number of hydrogen-bond donors (Lipinski definition) is 0. The van der Waals surface area contributed by atoms with Gasteiger partial charge < -0.3 is 4.57 Å². The Balaban J connectivity index is 1.69. The van der Waals surface area contributed by atoms with Crippen LogP contribution in [0.15, 0.2) is 97.1 Å². The quantitative estimate of drug-likeness (QED) is 0.176. The molecule has 0 radical (unpaired) electrons. The molecule has 1 heteroatoms. The molecule has 0 unspecified atom stereocenters. The molecule has 0 aliphatic heterocycles. The molecule has 0 fully saturated rings. The van der Waals surface area contributed by atoms with Crippen LogP contribution in [0.4, 0.5) is 0 Å². The molecule has 51 heavy (non-hydrogen) atoms. The smallest absolute Gasteiger partial charge is 0.0541 e. The molecule has 0 saturated carbocycles. The van der Waals surface area contributed by atoms with E-state index in [-0.39, 0.29) is 27.1 Å². The van der Waals surface area contributed by atoms with Crippen LogP contribution < -0.4 is 0 Å². The van der Waals surface area contributed by atoms with Crippen LogP contribution >= 0.6 is 0 Å². The zero-order chi connectivity index (χ0) is 37.5. The summed E-state index contributed by atoms with van der Waals surface area (Å²) in [6, 6.07) is 37.8. The number of fused-ring (bicyclic) bond motifs is 3. The minimum atomic E-state index is -0.00705. The number of benzene rings is 5. The summed E-state index contributed by atoms with van der Waals surface area (Å²) >= 11 is 0. The number of rotatable bonds is 3. The van der Waals surface area contributed by atoms with Crippen LogP contribution in [0.3, 0.4) is 0 Å². The fourth-order valence-electron chi connectivity index (χ4n) is 7.27. The molecule has 0 amide bonds. The van der Waals surface area contributed by atoms with E-state index in [1.54, 1.807) is 0 Å². The van der Waals surface area contributed by atoms with Gasteiger partial charge >= 0.3 is 0 Å². The molecule has 0 saturated heterocycles. The first-order valence-corrected chi connectivity index (χ1v) is 18.9. The molecule has 1 heterocycles. The van der Waals surface area contributed by atoms with E-state index in [0.29, 0.717) is 0 Å². The minimum absolute atomic E-state index is 0.00705. The Kier molecular flexibility index (Phi) is 8.81. The number of hydrogen-bond acceptors (Lipinski definition) is 0. The van der Waals surface area contributed by atoms with E-state index in [9.17, 15) is 0 Å². The molecule has 266 valence electrons. The maximum atomic E-state index is 2.51. The summed E-state index contributed by atoms with van der Waals surface area (Å²) in [5.41, 5.74) is 15.9. The second-order valence-electron chi connectivity index (χ2n) is 20.2. The topological polar surface area (TPSA) is 4.93 Å². The number of aromatic nitrogens is 1. The zero-order valence-corrected chi connectivity index (χ0v) is 34.2. The molecule has 0 N–H and O–H groups in total. The van der Waals surface area contributed by atoms with Gasteiger partial charge in [-0.05, 0) is 107 Å². The normalized spacial score (nSPS) is 13.4. The summed E-state index contributed by atoms with van der Waals surface area (Å²) in [6.07, 6.45) is 0. The first kappa shape index (κ1) is 36.7. The summed E-state index contributed by atoms with van der Waals surface area (Å²) in [4.78, 5) is 0. The van der Waals surface area contributed by atoms with Crippen LogP contribution in [0, 0.1) is 0 Å². The predicted octanol–water partition coefficient (Wildman–Crippen LogP) is 14.6. The van der Waals surface area contributed by atoms with Gasteiger partial charge in [-0.25, -0.2) is 0 Å². The molecule has 6 aromatic rings. The maximum Gasteiger partial charge on any atom is 0.0541 e. The van der Waals surface area contributed by atoms with Crippen molar-refractivity contribution in [2.24, 2.45) is 0 Å². The van der Waals surface area contributed by atoms with Gasteiger partial charge in [0.05, 0.1) is 11.0 Å². The van der Waals surface area contributed by atoms with Crippen molar-refractivity contribution in [3.8, 4) is 27.9 Å². The lowest BCUT2D eigenvalue weighted by Crippen LogP contribution is -2.16. The van der Waals surface area contributed by atoms with E-state index >= 15 is 0 Å². The average Bonchev–Trinajstić information content (AvgIpc) is 3.35. The van der Waals surface area contributed by atoms with Crippen molar-refractivity contribution in [1.29, 1.82) is 0 Å². The fourth-order valence-corrected chi connectivity index (χ4v) is 7.27. The van der Waals surface area contributed by atoms with Gasteiger partial charge in [0.25, 0.3) is 0 Å². The summed E-state index contributed by atoms with van der Waals surface area (Å²) < 4.78 is 2.51. The van der Waals surface area contributed by atoms with E-state index in [1.807, 2.05) is 0 Å². The van der Waals surface area contributed by atoms with Crippen LogP contribution in [-0.2, 0) is 27.1 Å². The highest BCUT2D eigenvalue weighted by atomic mass is 15.0. The van der Waals surface area contributed by atoms with Gasteiger partial charge in [-0.3, -0.25) is 0 Å². The largest absolute Gasteiger partial charge is 0.309 e. The van der Waals surface area contributed by atoms with E-state index in [4.69, 9.17) is 0 Å². The van der Waals surface area contributed by atoms with Crippen LogP contribution in [0.5, 0.6) is 0 Å². The van der Waals surface area contributed by atoms with Crippen LogP contribution in [0.2, 0.25) is 0 Å². The monoisotopic (exact) mass is 675 g/mol. The standard InChI is InChI=1S/C50H61N/c1-46(2,3)36-24-34(25-37(30-36)47(4,5)6)32-20-22-43-40(28-32)41-29-33(35-26-38(48(7,8)9)31-39(27-35)49(10,11)12)21-23-44(41)51(43)45-19-17-16-18-42(45)50(13,14)15/h16-31H,1-15H3. The Hall–Kier alpha value is -4.10. The van der Waals surface area contributed by atoms with Crippen LogP contribution in [-0.4, -0.2) is 4.57 Å². The van der Waals surface area contributed by atoms with E-state index in [0.717, 1.165) is 0 Å². The highest BCUT2D eigenvalue weighted by Gasteiger charge is 2.25. The van der Waals surface area contributed by atoms with Gasteiger partial charge in [-0.15, -0.1) is 0 Å². The van der Waals surface area contributed by atoms with E-state index in [1.165, 1.54) is 77.6 Å². The van der Waals surface area contributed by atoms with Crippen molar-refractivity contribution in [2.75, 3.05) is 0 Å². The van der Waals surface area contributed by atoms with Gasteiger partial charge in [0.2, 0.25) is 0 Å². The van der Waals surface area contributed by atoms with Crippen molar-refractivity contribution in [3.05, 3.63) is 125 Å². The SMILES string of the molecule is CC(C)(C)c1cc(-c2ccc3c(c2)c2cc(-c4cc(C(C)(C)C)cc(C(C)(C)C)c4)ccc2n3-c2ccccc2C(C)(C)C)cc(C(C)(C)C)c1. The average molecular weight is 676 g/mol. The van der Waals surface area contributed by atoms with Crippen molar-refractivity contribution in [2.45, 2.75) is 131 Å². The molecule has 0 spiro atoms. The summed E-state index contributed by atoms with van der Waals surface area (Å²) in [7, 11) is 0. The third-order valence-electron chi connectivity index (χ3n) is 10.7. The molecule has 1 nitrogen and oxygen atoms in total. The molecule has 1 aromatic heterocycles. The van der Waals surface area contributed by atoms with E-state index in [2.05, 4.69) is 205 Å². The maximum absolute atomic E-state index is 2.51. The second-order valence-corrected chi connectivity index (χ2v) is 20.2. The van der Waals surface area contributed by atoms with Crippen molar-refractivity contribution in [3.63, 3.8) is 0 Å². The lowest BCUT2D eigenvalue weighted by molar-refractivity contribution is 0.568. The van der Waals surface area contributed by atoms with Gasteiger partial charge in [0, 0.05) is 16.5 Å². The summed E-state index contributed by atoms with van der Waals surface area (Å²) in [6.45, 7) is 34.8. The van der Waals surface area contributed by atoms with Crippen molar-refractivity contribution < 1.29 is 0 Å². The Labute approximate surface area is 309 Å². The lowest BCUT2D eigenvalue weighted by atomic mass is 9.78. The Morgan fingerprint density at radius 1 is 0.333 bits per heavy atom. The number of nitrogens with zero attached hydrogens (tertiary/aromatic N) is 1. The molecule has 5 aromatic carbocycles. The fraction of sp³-hybridized carbons (Fsp3) is 0.400. The summed E-state index contributed by atoms with van der Waals surface area (Å²) in [5, 5.41) is 2.57. The lowest BCUT2D eigenvalue weighted by Gasteiger charge is -2.26. The first-order valence-electron chi connectivity index (χ1n) is 18.9. The van der Waals surface area contributed by atoms with E-state index < -0.39 is 0 Å². The third-order valence-corrected chi connectivity index (χ3v) is 10.7. The second kappa shape index (κ2) is 12.3. The molecule has 0 aliphatic carbocycles. The predicted molar refractivity (Wildman–Crippen MR) is 225 cm³/mol. The molecule has 6 rings (SSSR count). The van der Waals surface area contributed by atoms with Crippen molar-refractivity contribution in [1.82, 2.24) is 4.57 Å². The van der Waals surface area contributed by atoms with Gasteiger partial charge in [-0.2, -0.15) is 0 Å². The van der Waals surface area contributed by atoms with Gasteiger partial charge in [0.1, 0.15) is 0 Å². The Morgan fingerprint density at radius 3 is 1.02 bits per heavy atom.